The molecular formula is C17H17FN4O3S. The Morgan fingerprint density at radius 2 is 2.04 bits per heavy atom. The van der Waals surface area contributed by atoms with Crippen LogP contribution in [0.15, 0.2) is 53.6 Å². The van der Waals surface area contributed by atoms with Crippen LogP contribution in [0.4, 0.5) is 4.39 Å². The first-order valence-corrected chi connectivity index (χ1v) is 9.16. The Morgan fingerprint density at radius 1 is 1.23 bits per heavy atom. The van der Waals surface area contributed by atoms with E-state index in [1.165, 1.54) is 19.2 Å². The second-order valence-corrected chi connectivity index (χ2v) is 7.25. The first-order valence-electron chi connectivity index (χ1n) is 7.68. The Bertz CT molecular complexity index is 1020. The molecule has 1 N–H and O–H groups in total. The highest BCUT2D eigenvalue weighted by molar-refractivity contribution is 7.89. The zero-order valence-electron chi connectivity index (χ0n) is 14.2. The van der Waals surface area contributed by atoms with Crippen molar-refractivity contribution in [1.29, 1.82) is 0 Å². The van der Waals surface area contributed by atoms with Gasteiger partial charge >= 0.3 is 0 Å². The summed E-state index contributed by atoms with van der Waals surface area (Å²) < 4.78 is 47.3. The van der Waals surface area contributed by atoms with Crippen LogP contribution in [0.3, 0.4) is 0 Å². The lowest BCUT2D eigenvalue weighted by molar-refractivity contribution is 0.385. The molecule has 0 amide bonds. The summed E-state index contributed by atoms with van der Waals surface area (Å²) in [5.74, 6) is -0.765. The van der Waals surface area contributed by atoms with Crippen LogP contribution in [0.1, 0.15) is 5.69 Å². The van der Waals surface area contributed by atoms with E-state index in [1.54, 1.807) is 24.0 Å². The van der Waals surface area contributed by atoms with Crippen molar-refractivity contribution in [2.45, 2.75) is 11.4 Å². The molecule has 0 unspecified atom stereocenters. The molecule has 0 aliphatic carbocycles. The summed E-state index contributed by atoms with van der Waals surface area (Å²) in [5, 5.41) is 4.28. The summed E-state index contributed by atoms with van der Waals surface area (Å²) in [6.07, 6.45) is 1.67. The van der Waals surface area contributed by atoms with Crippen LogP contribution in [0, 0.1) is 5.82 Å². The largest absolute Gasteiger partial charge is 0.494 e. The van der Waals surface area contributed by atoms with Gasteiger partial charge in [-0.1, -0.05) is 6.07 Å². The Hall–Kier alpha value is -2.78. The van der Waals surface area contributed by atoms with E-state index in [2.05, 4.69) is 14.8 Å². The number of hydrogen-bond acceptors (Lipinski definition) is 5. The van der Waals surface area contributed by atoms with E-state index in [-0.39, 0.29) is 17.2 Å². The van der Waals surface area contributed by atoms with Crippen LogP contribution in [-0.2, 0) is 23.6 Å². The Morgan fingerprint density at radius 3 is 2.69 bits per heavy atom. The van der Waals surface area contributed by atoms with Gasteiger partial charge in [-0.15, -0.1) is 0 Å². The molecule has 3 rings (SSSR count). The lowest BCUT2D eigenvalue weighted by Gasteiger charge is -2.07. The van der Waals surface area contributed by atoms with E-state index in [0.29, 0.717) is 5.69 Å². The van der Waals surface area contributed by atoms with Crippen LogP contribution in [0.25, 0.3) is 11.4 Å². The van der Waals surface area contributed by atoms with E-state index < -0.39 is 15.8 Å². The fraction of sp³-hybridized carbons (Fsp3) is 0.176. The summed E-state index contributed by atoms with van der Waals surface area (Å²) >= 11 is 0. The van der Waals surface area contributed by atoms with Gasteiger partial charge in [-0.3, -0.25) is 9.67 Å². The van der Waals surface area contributed by atoms with Crippen molar-refractivity contribution < 1.29 is 17.5 Å². The third-order valence-corrected chi connectivity index (χ3v) is 5.13. The van der Waals surface area contributed by atoms with Crippen LogP contribution < -0.4 is 9.46 Å². The molecule has 0 atom stereocenters. The minimum absolute atomic E-state index is 0.0197. The number of rotatable bonds is 6. The fourth-order valence-corrected chi connectivity index (χ4v) is 3.44. The van der Waals surface area contributed by atoms with Crippen LogP contribution >= 0.6 is 0 Å². The highest BCUT2D eigenvalue weighted by Gasteiger charge is 2.18. The number of benzene rings is 1. The van der Waals surface area contributed by atoms with Crippen molar-refractivity contribution in [3.63, 3.8) is 0 Å². The number of aromatic nitrogens is 3. The molecule has 0 radical (unpaired) electrons. The summed E-state index contributed by atoms with van der Waals surface area (Å²) in [6, 6.07) is 10.7. The maximum absolute atomic E-state index is 13.7. The first-order chi connectivity index (χ1) is 12.4. The van der Waals surface area contributed by atoms with Gasteiger partial charge in [0, 0.05) is 13.2 Å². The van der Waals surface area contributed by atoms with E-state index in [9.17, 15) is 12.8 Å². The van der Waals surface area contributed by atoms with Crippen LogP contribution in [0.2, 0.25) is 0 Å². The topological polar surface area (TPSA) is 86.1 Å². The minimum atomic E-state index is -3.88. The lowest BCUT2D eigenvalue weighted by atomic mass is 10.2. The first kappa shape index (κ1) is 18.0. The highest BCUT2D eigenvalue weighted by Crippen LogP contribution is 2.21. The lowest BCUT2D eigenvalue weighted by Crippen LogP contribution is -2.23. The fourth-order valence-electron chi connectivity index (χ4n) is 2.43. The van der Waals surface area contributed by atoms with E-state index in [0.717, 1.165) is 17.5 Å². The Kier molecular flexibility index (Phi) is 5.01. The second kappa shape index (κ2) is 7.22. The van der Waals surface area contributed by atoms with Gasteiger partial charge in [-0.05, 0) is 36.4 Å². The number of hydrogen-bond donors (Lipinski definition) is 1. The molecule has 3 aromatic rings. The molecule has 136 valence electrons. The predicted molar refractivity (Wildman–Crippen MR) is 93.4 cm³/mol. The van der Waals surface area contributed by atoms with Gasteiger partial charge in [0.15, 0.2) is 11.6 Å². The molecule has 9 heteroatoms. The third-order valence-electron chi connectivity index (χ3n) is 3.73. The number of nitrogens with zero attached hydrogens (tertiary/aromatic N) is 3. The van der Waals surface area contributed by atoms with E-state index in [4.69, 9.17) is 4.74 Å². The average Bonchev–Trinajstić information content (AvgIpc) is 3.01. The minimum Gasteiger partial charge on any atom is -0.494 e. The van der Waals surface area contributed by atoms with Crippen molar-refractivity contribution in [3.05, 3.63) is 60.2 Å². The zero-order chi connectivity index (χ0) is 18.7. The molecule has 0 bridgehead atoms. The summed E-state index contributed by atoms with van der Waals surface area (Å²) in [7, 11) is -0.823. The molecule has 0 saturated carbocycles. The normalized spacial score (nSPS) is 11.5. The van der Waals surface area contributed by atoms with Crippen LogP contribution in [-0.4, -0.2) is 30.3 Å². The van der Waals surface area contributed by atoms with Gasteiger partial charge in [0.1, 0.15) is 0 Å². The number of aryl methyl sites for hydroxylation is 1. The maximum Gasteiger partial charge on any atom is 0.241 e. The highest BCUT2D eigenvalue weighted by atomic mass is 32.2. The number of nitrogens with one attached hydrogen (secondary N) is 1. The summed E-state index contributed by atoms with van der Waals surface area (Å²) in [5.41, 5.74) is 2.01. The number of methoxy groups -OCH3 is 1. The standard InChI is InChI=1S/C17H17FN4O3S/c1-22-16(15-5-3-4-8-19-15)9-12(21-22)11-20-26(23,24)13-6-7-17(25-2)14(18)10-13/h3-10,20H,11H2,1-2H3. The number of sulfonamides is 1. The van der Waals surface area contributed by atoms with Gasteiger partial charge in [-0.25, -0.2) is 17.5 Å². The average molecular weight is 376 g/mol. The van der Waals surface area contributed by atoms with Gasteiger partial charge in [0.2, 0.25) is 10.0 Å². The van der Waals surface area contributed by atoms with E-state index in [1.807, 2.05) is 18.2 Å². The molecule has 0 saturated heterocycles. The maximum atomic E-state index is 13.7. The molecule has 0 fully saturated rings. The summed E-state index contributed by atoms with van der Waals surface area (Å²) in [4.78, 5) is 4.07. The van der Waals surface area contributed by atoms with Gasteiger partial charge in [0.05, 0.1) is 35.6 Å². The Labute approximate surface area is 150 Å². The predicted octanol–water partition coefficient (Wildman–Crippen LogP) is 2.11. The molecule has 2 aromatic heterocycles. The second-order valence-electron chi connectivity index (χ2n) is 5.48. The molecule has 0 aliphatic heterocycles. The summed E-state index contributed by atoms with van der Waals surface area (Å²) in [6.45, 7) is -0.0311. The molecule has 0 aliphatic rings. The molecular weight excluding hydrogens is 359 g/mol. The number of ether oxygens (including phenoxy) is 1. The zero-order valence-corrected chi connectivity index (χ0v) is 15.0. The van der Waals surface area contributed by atoms with Crippen molar-refractivity contribution in [1.82, 2.24) is 19.5 Å². The third kappa shape index (κ3) is 3.73. The molecule has 1 aromatic carbocycles. The van der Waals surface area contributed by atoms with Crippen molar-refractivity contribution >= 4 is 10.0 Å². The van der Waals surface area contributed by atoms with E-state index >= 15 is 0 Å². The SMILES string of the molecule is COc1ccc(S(=O)(=O)NCc2cc(-c3ccccn3)n(C)n2)cc1F. The Balaban J connectivity index is 1.77. The number of halogens is 1. The quantitative estimate of drug-likeness (QED) is 0.712. The molecule has 7 nitrogen and oxygen atoms in total. The van der Waals surface area contributed by atoms with Crippen molar-refractivity contribution in [3.8, 4) is 17.1 Å². The number of pyridine rings is 1. The van der Waals surface area contributed by atoms with Crippen molar-refractivity contribution in [2.24, 2.45) is 7.05 Å². The molecule has 0 spiro atoms. The van der Waals surface area contributed by atoms with Crippen molar-refractivity contribution in [2.75, 3.05) is 7.11 Å². The van der Waals surface area contributed by atoms with Crippen LogP contribution in [0.5, 0.6) is 5.75 Å². The van der Waals surface area contributed by atoms with Gasteiger partial charge in [-0.2, -0.15) is 5.10 Å². The van der Waals surface area contributed by atoms with Gasteiger partial charge < -0.3 is 4.74 Å². The smallest absolute Gasteiger partial charge is 0.241 e. The molecule has 2 heterocycles. The molecule has 26 heavy (non-hydrogen) atoms. The monoisotopic (exact) mass is 376 g/mol. The van der Waals surface area contributed by atoms with Gasteiger partial charge in [0.25, 0.3) is 0 Å².